The first-order chi connectivity index (χ1) is 6.56. The highest BCUT2D eigenvalue weighted by Gasteiger charge is 2.26. The molecule has 1 rings (SSSR count). The van der Waals surface area contributed by atoms with Gasteiger partial charge in [-0.25, -0.2) is 4.98 Å². The molecule has 0 bridgehead atoms. The minimum atomic E-state index is -0.232. The number of aromatic nitrogens is 1. The lowest BCUT2D eigenvalue weighted by Gasteiger charge is -2.15. The quantitative estimate of drug-likeness (QED) is 0.723. The first-order valence-electron chi connectivity index (χ1n) is 4.56. The van der Waals surface area contributed by atoms with Gasteiger partial charge in [-0.1, -0.05) is 13.8 Å². The monoisotopic (exact) mass is 213 g/mol. The molecule has 1 aromatic rings. The lowest BCUT2D eigenvalue weighted by atomic mass is 9.93. The number of carbonyl (C=O) groups excluding carboxylic acids is 1. The lowest BCUT2D eigenvalue weighted by molar-refractivity contribution is -0.143. The largest absolute Gasteiger partial charge is 0.468 e. The SMILES string of the molecule is COC(=O)C(c1csc(C)n1)C(C)C. The third-order valence-corrected chi connectivity index (χ3v) is 2.87. The second-order valence-electron chi connectivity index (χ2n) is 3.54. The van der Waals surface area contributed by atoms with Crippen LogP contribution in [-0.2, 0) is 9.53 Å². The molecule has 0 aliphatic heterocycles. The van der Waals surface area contributed by atoms with Gasteiger partial charge in [-0.15, -0.1) is 11.3 Å². The summed E-state index contributed by atoms with van der Waals surface area (Å²) in [6.07, 6.45) is 0. The average molecular weight is 213 g/mol. The number of nitrogens with zero attached hydrogens (tertiary/aromatic N) is 1. The highest BCUT2D eigenvalue weighted by atomic mass is 32.1. The molecule has 0 radical (unpaired) electrons. The van der Waals surface area contributed by atoms with E-state index in [-0.39, 0.29) is 17.8 Å². The highest BCUT2D eigenvalue weighted by Crippen LogP contribution is 2.26. The van der Waals surface area contributed by atoms with Gasteiger partial charge in [-0.3, -0.25) is 4.79 Å². The number of thiazole rings is 1. The first kappa shape index (κ1) is 11.2. The van der Waals surface area contributed by atoms with E-state index in [9.17, 15) is 4.79 Å². The summed E-state index contributed by atoms with van der Waals surface area (Å²) in [5.41, 5.74) is 0.828. The van der Waals surface area contributed by atoms with Gasteiger partial charge < -0.3 is 4.74 Å². The van der Waals surface area contributed by atoms with Crippen molar-refractivity contribution in [1.29, 1.82) is 0 Å². The summed E-state index contributed by atoms with van der Waals surface area (Å²) < 4.78 is 4.76. The second kappa shape index (κ2) is 4.55. The Labute approximate surface area is 88.1 Å². The molecule has 0 aliphatic carbocycles. The molecule has 1 unspecified atom stereocenters. The number of methoxy groups -OCH3 is 1. The number of hydrogen-bond donors (Lipinski definition) is 0. The van der Waals surface area contributed by atoms with Crippen molar-refractivity contribution in [1.82, 2.24) is 4.98 Å². The Morgan fingerprint density at radius 2 is 2.21 bits per heavy atom. The molecule has 0 saturated heterocycles. The van der Waals surface area contributed by atoms with Crippen LogP contribution in [-0.4, -0.2) is 18.1 Å². The van der Waals surface area contributed by atoms with Crippen molar-refractivity contribution in [2.24, 2.45) is 5.92 Å². The standard InChI is InChI=1S/C10H15NO2S/c1-6(2)9(10(12)13-4)8-5-14-7(3)11-8/h5-6,9H,1-4H3. The van der Waals surface area contributed by atoms with Crippen LogP contribution >= 0.6 is 11.3 Å². The molecule has 1 aromatic heterocycles. The molecular weight excluding hydrogens is 198 g/mol. The minimum absolute atomic E-state index is 0.203. The fraction of sp³-hybridized carbons (Fsp3) is 0.600. The molecule has 1 heterocycles. The van der Waals surface area contributed by atoms with Crippen LogP contribution in [0.2, 0.25) is 0 Å². The van der Waals surface area contributed by atoms with Crippen molar-refractivity contribution in [3.8, 4) is 0 Å². The summed E-state index contributed by atoms with van der Waals surface area (Å²) in [6, 6.07) is 0. The molecular formula is C10H15NO2S. The maximum Gasteiger partial charge on any atom is 0.315 e. The first-order valence-corrected chi connectivity index (χ1v) is 5.44. The summed E-state index contributed by atoms with van der Waals surface area (Å²) in [5, 5.41) is 2.91. The van der Waals surface area contributed by atoms with Gasteiger partial charge in [0.15, 0.2) is 0 Å². The topological polar surface area (TPSA) is 39.2 Å². The predicted octanol–water partition coefficient (Wildman–Crippen LogP) is 2.36. The summed E-state index contributed by atoms with van der Waals surface area (Å²) in [5.74, 6) is -0.223. The van der Waals surface area contributed by atoms with Crippen molar-refractivity contribution in [2.75, 3.05) is 7.11 Å². The molecule has 4 heteroatoms. The average Bonchev–Trinajstić information content (AvgIpc) is 2.51. The molecule has 0 amide bonds. The highest BCUT2D eigenvalue weighted by molar-refractivity contribution is 7.09. The fourth-order valence-electron chi connectivity index (χ4n) is 1.38. The summed E-state index contributed by atoms with van der Waals surface area (Å²) in [4.78, 5) is 15.8. The van der Waals surface area contributed by atoms with Gasteiger partial charge in [0.25, 0.3) is 0 Å². The van der Waals surface area contributed by atoms with Gasteiger partial charge in [-0.05, 0) is 12.8 Å². The van der Waals surface area contributed by atoms with Gasteiger partial charge in [0.05, 0.1) is 17.8 Å². The van der Waals surface area contributed by atoms with E-state index in [4.69, 9.17) is 4.74 Å². The number of carbonyl (C=O) groups is 1. The van der Waals surface area contributed by atoms with Gasteiger partial charge in [-0.2, -0.15) is 0 Å². The Kier molecular flexibility index (Phi) is 3.63. The van der Waals surface area contributed by atoms with Crippen molar-refractivity contribution < 1.29 is 9.53 Å². The lowest BCUT2D eigenvalue weighted by Crippen LogP contribution is -2.19. The molecule has 3 nitrogen and oxygen atoms in total. The van der Waals surface area contributed by atoms with E-state index in [1.807, 2.05) is 26.2 Å². The molecule has 0 fully saturated rings. The Balaban J connectivity index is 2.94. The van der Waals surface area contributed by atoms with Crippen LogP contribution in [0, 0.1) is 12.8 Å². The van der Waals surface area contributed by atoms with Crippen LogP contribution in [0.5, 0.6) is 0 Å². The zero-order valence-electron chi connectivity index (χ0n) is 8.90. The van der Waals surface area contributed by atoms with Crippen LogP contribution < -0.4 is 0 Å². The van der Waals surface area contributed by atoms with E-state index in [2.05, 4.69) is 4.98 Å². The van der Waals surface area contributed by atoms with Gasteiger partial charge >= 0.3 is 5.97 Å². The zero-order valence-corrected chi connectivity index (χ0v) is 9.72. The van der Waals surface area contributed by atoms with E-state index >= 15 is 0 Å². The number of rotatable bonds is 3. The van der Waals surface area contributed by atoms with Gasteiger partial charge in [0, 0.05) is 5.38 Å². The number of aryl methyl sites for hydroxylation is 1. The number of hydrogen-bond acceptors (Lipinski definition) is 4. The van der Waals surface area contributed by atoms with Crippen LogP contribution in [0.15, 0.2) is 5.38 Å². The van der Waals surface area contributed by atoms with E-state index in [1.165, 1.54) is 7.11 Å². The van der Waals surface area contributed by atoms with Crippen molar-refractivity contribution in [3.63, 3.8) is 0 Å². The molecule has 0 saturated carbocycles. The van der Waals surface area contributed by atoms with E-state index in [0.717, 1.165) is 10.7 Å². The van der Waals surface area contributed by atoms with Crippen LogP contribution in [0.1, 0.15) is 30.5 Å². The van der Waals surface area contributed by atoms with Crippen molar-refractivity contribution in [2.45, 2.75) is 26.7 Å². The van der Waals surface area contributed by atoms with Gasteiger partial charge in [0.1, 0.15) is 5.92 Å². The molecule has 0 aromatic carbocycles. The smallest absolute Gasteiger partial charge is 0.315 e. The molecule has 78 valence electrons. The predicted molar refractivity (Wildman–Crippen MR) is 56.4 cm³/mol. The molecule has 1 atom stereocenters. The van der Waals surface area contributed by atoms with Crippen molar-refractivity contribution >= 4 is 17.3 Å². The molecule has 14 heavy (non-hydrogen) atoms. The Hall–Kier alpha value is -0.900. The zero-order chi connectivity index (χ0) is 10.7. The minimum Gasteiger partial charge on any atom is -0.468 e. The number of esters is 1. The van der Waals surface area contributed by atoms with E-state index in [1.54, 1.807) is 11.3 Å². The van der Waals surface area contributed by atoms with E-state index in [0.29, 0.717) is 0 Å². The van der Waals surface area contributed by atoms with Gasteiger partial charge in [0.2, 0.25) is 0 Å². The van der Waals surface area contributed by atoms with Crippen LogP contribution in [0.25, 0.3) is 0 Å². The summed E-state index contributed by atoms with van der Waals surface area (Å²) in [6.45, 7) is 5.93. The van der Waals surface area contributed by atoms with Crippen LogP contribution in [0.3, 0.4) is 0 Å². The Morgan fingerprint density at radius 3 is 2.57 bits per heavy atom. The third-order valence-electron chi connectivity index (χ3n) is 2.08. The summed E-state index contributed by atoms with van der Waals surface area (Å²) >= 11 is 1.56. The summed E-state index contributed by atoms with van der Waals surface area (Å²) in [7, 11) is 1.41. The number of ether oxygens (including phenoxy) is 1. The van der Waals surface area contributed by atoms with Crippen molar-refractivity contribution in [3.05, 3.63) is 16.1 Å². The molecule has 0 aliphatic rings. The van der Waals surface area contributed by atoms with Crippen LogP contribution in [0.4, 0.5) is 0 Å². The second-order valence-corrected chi connectivity index (χ2v) is 4.60. The maximum atomic E-state index is 11.5. The Morgan fingerprint density at radius 1 is 1.57 bits per heavy atom. The molecule has 0 N–H and O–H groups in total. The molecule has 0 spiro atoms. The Bertz CT molecular complexity index is 320. The van der Waals surface area contributed by atoms with E-state index < -0.39 is 0 Å². The fourth-order valence-corrected chi connectivity index (χ4v) is 2.03. The third kappa shape index (κ3) is 2.32. The normalized spacial score (nSPS) is 12.9. The maximum absolute atomic E-state index is 11.5.